The summed E-state index contributed by atoms with van der Waals surface area (Å²) in [5, 5.41) is 11.1. The Kier molecular flexibility index (Phi) is 10.5. The second-order valence-corrected chi connectivity index (χ2v) is 7.34. The Bertz CT molecular complexity index is 740. The molecule has 0 aliphatic heterocycles. The standard InChI is InChI=1S/C21H34N6.HI/c1-7-22-21(23-12-17(3)18-10-8-9-16(2)11-18)24-14-20(26(4)5)19-13-25-27(6)15-19;/h8-11,13,15,17,20H,7,12,14H2,1-6H3,(H2,22,23,24);1H. The second-order valence-electron chi connectivity index (χ2n) is 7.34. The van der Waals surface area contributed by atoms with E-state index >= 15 is 0 Å². The van der Waals surface area contributed by atoms with Crippen LogP contribution < -0.4 is 10.6 Å². The summed E-state index contributed by atoms with van der Waals surface area (Å²) < 4.78 is 1.84. The molecule has 2 unspecified atom stereocenters. The summed E-state index contributed by atoms with van der Waals surface area (Å²) in [6.45, 7) is 8.79. The fourth-order valence-corrected chi connectivity index (χ4v) is 3.06. The number of hydrogen-bond acceptors (Lipinski definition) is 3. The lowest BCUT2D eigenvalue weighted by Gasteiger charge is -2.24. The zero-order valence-electron chi connectivity index (χ0n) is 17.9. The Morgan fingerprint density at radius 3 is 2.57 bits per heavy atom. The molecule has 0 bridgehead atoms. The van der Waals surface area contributed by atoms with Gasteiger partial charge in [-0.25, -0.2) is 0 Å². The topological polar surface area (TPSA) is 57.5 Å². The van der Waals surface area contributed by atoms with Gasteiger partial charge in [0.25, 0.3) is 0 Å². The molecule has 7 heteroatoms. The van der Waals surface area contributed by atoms with Crippen molar-refractivity contribution >= 4 is 29.9 Å². The minimum absolute atomic E-state index is 0. The fraction of sp³-hybridized carbons (Fsp3) is 0.524. The predicted octanol–water partition coefficient (Wildman–Crippen LogP) is 3.31. The number of aliphatic imine (C=N–C) groups is 1. The van der Waals surface area contributed by atoms with Crippen LogP contribution in [0.1, 0.15) is 42.5 Å². The highest BCUT2D eigenvalue weighted by Crippen LogP contribution is 2.17. The Hall–Kier alpha value is -1.61. The molecule has 1 aromatic carbocycles. The van der Waals surface area contributed by atoms with Crippen LogP contribution in [0.5, 0.6) is 0 Å². The molecular formula is C21H35IN6. The zero-order valence-corrected chi connectivity index (χ0v) is 20.3. The number of likely N-dealkylation sites (N-methyl/N-ethyl adjacent to an activating group) is 1. The Labute approximate surface area is 186 Å². The van der Waals surface area contributed by atoms with Crippen LogP contribution in [0.15, 0.2) is 41.7 Å². The van der Waals surface area contributed by atoms with Crippen LogP contribution in [0, 0.1) is 6.92 Å². The average Bonchev–Trinajstić information content (AvgIpc) is 3.05. The highest BCUT2D eigenvalue weighted by atomic mass is 127. The summed E-state index contributed by atoms with van der Waals surface area (Å²) in [7, 11) is 6.12. The van der Waals surface area contributed by atoms with E-state index in [1.807, 2.05) is 17.9 Å². The van der Waals surface area contributed by atoms with Crippen LogP contribution in [0.25, 0.3) is 0 Å². The van der Waals surface area contributed by atoms with Gasteiger partial charge in [0.05, 0.1) is 12.2 Å². The third kappa shape index (κ3) is 7.43. The average molecular weight is 498 g/mol. The number of aromatic nitrogens is 2. The number of hydrogen-bond donors (Lipinski definition) is 2. The minimum atomic E-state index is 0. The third-order valence-corrected chi connectivity index (χ3v) is 4.67. The van der Waals surface area contributed by atoms with Crippen molar-refractivity contribution in [2.75, 3.05) is 33.7 Å². The quantitative estimate of drug-likeness (QED) is 0.333. The number of rotatable bonds is 8. The highest BCUT2D eigenvalue weighted by molar-refractivity contribution is 14.0. The Morgan fingerprint density at radius 2 is 2.00 bits per heavy atom. The normalized spacial score (nSPS) is 13.8. The first kappa shape index (κ1) is 24.4. The molecule has 156 valence electrons. The molecule has 0 saturated heterocycles. The smallest absolute Gasteiger partial charge is 0.191 e. The molecule has 28 heavy (non-hydrogen) atoms. The van der Waals surface area contributed by atoms with E-state index in [9.17, 15) is 0 Å². The van der Waals surface area contributed by atoms with Gasteiger partial charge in [-0.15, -0.1) is 24.0 Å². The van der Waals surface area contributed by atoms with Crippen LogP contribution in [0.3, 0.4) is 0 Å². The Morgan fingerprint density at radius 1 is 1.25 bits per heavy atom. The molecule has 1 heterocycles. The molecule has 0 aliphatic carbocycles. The maximum Gasteiger partial charge on any atom is 0.191 e. The third-order valence-electron chi connectivity index (χ3n) is 4.67. The van der Waals surface area contributed by atoms with Crippen LogP contribution in [0.4, 0.5) is 0 Å². The fourth-order valence-electron chi connectivity index (χ4n) is 3.06. The Balaban J connectivity index is 0.00000392. The number of nitrogens with zero attached hydrogens (tertiary/aromatic N) is 4. The number of aryl methyl sites for hydroxylation is 2. The van der Waals surface area contributed by atoms with Gasteiger partial charge < -0.3 is 15.5 Å². The summed E-state index contributed by atoms with van der Waals surface area (Å²) in [6, 6.07) is 8.90. The van der Waals surface area contributed by atoms with Crippen molar-refractivity contribution in [1.82, 2.24) is 25.3 Å². The maximum absolute atomic E-state index is 4.80. The van der Waals surface area contributed by atoms with Gasteiger partial charge in [0.1, 0.15) is 0 Å². The molecule has 0 spiro atoms. The summed E-state index contributed by atoms with van der Waals surface area (Å²) in [4.78, 5) is 7.00. The summed E-state index contributed by atoms with van der Waals surface area (Å²) in [5.74, 6) is 1.23. The van der Waals surface area contributed by atoms with Crippen molar-refractivity contribution in [3.63, 3.8) is 0 Å². The lowest BCUT2D eigenvalue weighted by molar-refractivity contribution is 0.298. The molecule has 0 saturated carbocycles. The first-order chi connectivity index (χ1) is 12.9. The molecule has 0 fully saturated rings. The van der Waals surface area contributed by atoms with Crippen molar-refractivity contribution in [1.29, 1.82) is 0 Å². The van der Waals surface area contributed by atoms with Crippen molar-refractivity contribution in [2.24, 2.45) is 12.0 Å². The first-order valence-corrected chi connectivity index (χ1v) is 9.64. The van der Waals surface area contributed by atoms with E-state index in [2.05, 4.69) is 86.0 Å². The number of halogens is 1. The zero-order chi connectivity index (χ0) is 19.8. The second kappa shape index (κ2) is 12.1. The number of benzene rings is 1. The summed E-state index contributed by atoms with van der Waals surface area (Å²) >= 11 is 0. The van der Waals surface area contributed by atoms with Crippen LogP contribution in [-0.2, 0) is 7.05 Å². The van der Waals surface area contributed by atoms with Crippen molar-refractivity contribution < 1.29 is 0 Å². The maximum atomic E-state index is 4.80. The van der Waals surface area contributed by atoms with E-state index in [-0.39, 0.29) is 30.0 Å². The van der Waals surface area contributed by atoms with Crippen molar-refractivity contribution in [3.8, 4) is 0 Å². The molecule has 2 atom stereocenters. The van der Waals surface area contributed by atoms with E-state index in [0.29, 0.717) is 5.92 Å². The van der Waals surface area contributed by atoms with Gasteiger partial charge in [-0.1, -0.05) is 36.8 Å². The highest BCUT2D eigenvalue weighted by Gasteiger charge is 2.16. The van der Waals surface area contributed by atoms with Gasteiger partial charge in [-0.3, -0.25) is 9.67 Å². The SMILES string of the molecule is CCNC(=NCC(C)c1cccc(C)c1)NCC(c1cnn(C)c1)N(C)C.I. The molecule has 2 aromatic rings. The van der Waals surface area contributed by atoms with Crippen LogP contribution in [0.2, 0.25) is 0 Å². The molecular weight excluding hydrogens is 463 g/mol. The first-order valence-electron chi connectivity index (χ1n) is 9.64. The number of guanidine groups is 1. The predicted molar refractivity (Wildman–Crippen MR) is 129 cm³/mol. The van der Waals surface area contributed by atoms with Gasteiger partial charge >= 0.3 is 0 Å². The molecule has 1 aromatic heterocycles. The summed E-state index contributed by atoms with van der Waals surface area (Å²) in [5.41, 5.74) is 3.81. The lowest BCUT2D eigenvalue weighted by atomic mass is 10.00. The molecule has 0 radical (unpaired) electrons. The van der Waals surface area contributed by atoms with E-state index in [1.165, 1.54) is 16.7 Å². The largest absolute Gasteiger partial charge is 0.357 e. The van der Waals surface area contributed by atoms with Crippen LogP contribution >= 0.6 is 24.0 Å². The van der Waals surface area contributed by atoms with Crippen LogP contribution in [-0.4, -0.2) is 54.4 Å². The number of nitrogens with one attached hydrogen (secondary N) is 2. The van der Waals surface area contributed by atoms with Gasteiger partial charge in [0.15, 0.2) is 5.96 Å². The van der Waals surface area contributed by atoms with Crippen molar-refractivity contribution in [3.05, 3.63) is 53.3 Å². The lowest BCUT2D eigenvalue weighted by Crippen LogP contribution is -2.42. The van der Waals surface area contributed by atoms with Gasteiger partial charge in [0.2, 0.25) is 0 Å². The van der Waals surface area contributed by atoms with E-state index < -0.39 is 0 Å². The molecule has 2 N–H and O–H groups in total. The summed E-state index contributed by atoms with van der Waals surface area (Å²) in [6.07, 6.45) is 3.99. The molecule has 0 aliphatic rings. The van der Waals surface area contributed by atoms with Crippen molar-refractivity contribution in [2.45, 2.75) is 32.7 Å². The van der Waals surface area contributed by atoms with E-state index in [1.54, 1.807) is 0 Å². The monoisotopic (exact) mass is 498 g/mol. The molecule has 2 rings (SSSR count). The van der Waals surface area contributed by atoms with Gasteiger partial charge in [-0.05, 0) is 33.5 Å². The van der Waals surface area contributed by atoms with E-state index in [4.69, 9.17) is 4.99 Å². The van der Waals surface area contributed by atoms with Gasteiger partial charge in [0, 0.05) is 44.4 Å². The molecule has 6 nitrogen and oxygen atoms in total. The van der Waals surface area contributed by atoms with Gasteiger partial charge in [-0.2, -0.15) is 5.10 Å². The minimum Gasteiger partial charge on any atom is -0.357 e. The van der Waals surface area contributed by atoms with E-state index in [0.717, 1.165) is 25.6 Å². The molecule has 0 amide bonds.